The van der Waals surface area contributed by atoms with Crippen molar-refractivity contribution in [3.05, 3.63) is 64.4 Å². The number of carbonyl (C=O) groups excluding carboxylic acids is 1. The van der Waals surface area contributed by atoms with Crippen LogP contribution in [0.5, 0.6) is 0 Å². The Hall–Kier alpha value is -2.21. The third-order valence-electron chi connectivity index (χ3n) is 3.10. The van der Waals surface area contributed by atoms with E-state index < -0.39 is 12.0 Å². The molecule has 0 fully saturated rings. The van der Waals surface area contributed by atoms with Crippen LogP contribution in [-0.4, -0.2) is 28.0 Å². The maximum absolute atomic E-state index is 12.0. The molecule has 0 saturated heterocycles. The van der Waals surface area contributed by atoms with Gasteiger partial charge < -0.3 is 10.4 Å². The molecule has 0 bridgehead atoms. The molecule has 1 heterocycles. The summed E-state index contributed by atoms with van der Waals surface area (Å²) >= 11 is 3.28. The SMILES string of the molecule is O=C(Cc1ccccc1)N[C@H](Cc1cccnc1Br)C(=O)O. The molecule has 1 aromatic carbocycles. The van der Waals surface area contributed by atoms with Gasteiger partial charge in [-0.25, -0.2) is 9.78 Å². The van der Waals surface area contributed by atoms with Crippen LogP contribution < -0.4 is 5.32 Å². The maximum atomic E-state index is 12.0. The van der Waals surface area contributed by atoms with E-state index in [9.17, 15) is 14.7 Å². The van der Waals surface area contributed by atoms with E-state index >= 15 is 0 Å². The van der Waals surface area contributed by atoms with Crippen molar-refractivity contribution in [3.8, 4) is 0 Å². The highest BCUT2D eigenvalue weighted by Crippen LogP contribution is 2.14. The van der Waals surface area contributed by atoms with E-state index in [2.05, 4.69) is 26.2 Å². The highest BCUT2D eigenvalue weighted by molar-refractivity contribution is 9.10. The van der Waals surface area contributed by atoms with Crippen molar-refractivity contribution in [2.45, 2.75) is 18.9 Å². The van der Waals surface area contributed by atoms with Crippen molar-refractivity contribution in [1.82, 2.24) is 10.3 Å². The van der Waals surface area contributed by atoms with Crippen LogP contribution >= 0.6 is 15.9 Å². The van der Waals surface area contributed by atoms with E-state index in [1.807, 2.05) is 30.3 Å². The average Bonchev–Trinajstić information content (AvgIpc) is 2.49. The third kappa shape index (κ3) is 4.66. The Balaban J connectivity index is 2.01. The Labute approximate surface area is 136 Å². The Morgan fingerprint density at radius 3 is 2.55 bits per heavy atom. The number of nitrogens with zero attached hydrogens (tertiary/aromatic N) is 1. The van der Waals surface area contributed by atoms with Crippen molar-refractivity contribution in [2.24, 2.45) is 0 Å². The number of carboxylic acids is 1. The molecule has 0 aliphatic carbocycles. The van der Waals surface area contributed by atoms with Gasteiger partial charge in [-0.15, -0.1) is 0 Å². The second-order valence-electron chi connectivity index (χ2n) is 4.78. The number of halogens is 1. The van der Waals surface area contributed by atoms with E-state index in [-0.39, 0.29) is 18.7 Å². The number of pyridine rings is 1. The van der Waals surface area contributed by atoms with Crippen molar-refractivity contribution in [1.29, 1.82) is 0 Å². The molecule has 6 heteroatoms. The third-order valence-corrected chi connectivity index (χ3v) is 3.82. The Morgan fingerprint density at radius 1 is 1.18 bits per heavy atom. The molecule has 0 aliphatic rings. The second-order valence-corrected chi connectivity index (χ2v) is 5.53. The number of aliphatic carboxylic acids is 1. The van der Waals surface area contributed by atoms with E-state index in [0.717, 1.165) is 11.1 Å². The molecule has 0 radical (unpaired) electrons. The summed E-state index contributed by atoms with van der Waals surface area (Å²) in [4.78, 5) is 27.4. The zero-order chi connectivity index (χ0) is 15.9. The molecule has 2 aromatic rings. The van der Waals surface area contributed by atoms with Crippen LogP contribution in [0.25, 0.3) is 0 Å². The van der Waals surface area contributed by atoms with Gasteiger partial charge in [0, 0.05) is 12.6 Å². The van der Waals surface area contributed by atoms with E-state index in [1.165, 1.54) is 0 Å². The number of benzene rings is 1. The Morgan fingerprint density at radius 2 is 1.91 bits per heavy atom. The fourth-order valence-corrected chi connectivity index (χ4v) is 2.43. The van der Waals surface area contributed by atoms with Crippen molar-refractivity contribution >= 4 is 27.8 Å². The molecule has 2 rings (SSSR count). The first-order valence-electron chi connectivity index (χ1n) is 6.71. The number of hydrogen-bond donors (Lipinski definition) is 2. The molecule has 0 spiro atoms. The highest BCUT2D eigenvalue weighted by Gasteiger charge is 2.21. The van der Waals surface area contributed by atoms with Gasteiger partial charge in [0.2, 0.25) is 5.91 Å². The predicted octanol–water partition coefficient (Wildman–Crippen LogP) is 2.20. The first kappa shape index (κ1) is 16.2. The molecule has 22 heavy (non-hydrogen) atoms. The van der Waals surface area contributed by atoms with Crippen LogP contribution in [0.2, 0.25) is 0 Å². The molecule has 0 aliphatic heterocycles. The summed E-state index contributed by atoms with van der Waals surface area (Å²) < 4.78 is 0.582. The van der Waals surface area contributed by atoms with E-state index in [4.69, 9.17) is 0 Å². The Kier molecular flexibility index (Phi) is 5.66. The Bertz CT molecular complexity index is 661. The lowest BCUT2D eigenvalue weighted by Gasteiger charge is -2.15. The number of hydrogen-bond acceptors (Lipinski definition) is 3. The first-order chi connectivity index (χ1) is 10.6. The fourth-order valence-electron chi connectivity index (χ4n) is 2.02. The normalized spacial score (nSPS) is 11.7. The number of carboxylic acid groups (broad SMARTS) is 1. The topological polar surface area (TPSA) is 79.3 Å². The molecule has 1 aromatic heterocycles. The molecule has 1 atom stereocenters. The lowest BCUT2D eigenvalue weighted by molar-refractivity contribution is -0.141. The molecule has 2 N–H and O–H groups in total. The minimum absolute atomic E-state index is 0.152. The number of nitrogens with one attached hydrogen (secondary N) is 1. The lowest BCUT2D eigenvalue weighted by Crippen LogP contribution is -2.43. The van der Waals surface area contributed by atoms with E-state index in [1.54, 1.807) is 18.3 Å². The summed E-state index contributed by atoms with van der Waals surface area (Å²) in [5.41, 5.74) is 1.57. The first-order valence-corrected chi connectivity index (χ1v) is 7.51. The summed E-state index contributed by atoms with van der Waals surface area (Å²) in [6, 6.07) is 11.7. The molecule has 0 unspecified atom stereocenters. The number of amides is 1. The molecule has 5 nitrogen and oxygen atoms in total. The van der Waals surface area contributed by atoms with Crippen LogP contribution in [0.15, 0.2) is 53.3 Å². The van der Waals surface area contributed by atoms with Gasteiger partial charge in [-0.05, 0) is 33.1 Å². The van der Waals surface area contributed by atoms with Gasteiger partial charge in [-0.3, -0.25) is 4.79 Å². The van der Waals surface area contributed by atoms with Crippen molar-refractivity contribution < 1.29 is 14.7 Å². The van der Waals surface area contributed by atoms with Gasteiger partial charge in [0.15, 0.2) is 0 Å². The second kappa shape index (κ2) is 7.70. The van der Waals surface area contributed by atoms with Crippen LogP contribution in [-0.2, 0) is 22.4 Å². The molecular weight excluding hydrogens is 348 g/mol. The average molecular weight is 363 g/mol. The predicted molar refractivity (Wildman–Crippen MR) is 85.4 cm³/mol. The van der Waals surface area contributed by atoms with Gasteiger partial charge >= 0.3 is 5.97 Å². The van der Waals surface area contributed by atoms with Crippen LogP contribution in [0.1, 0.15) is 11.1 Å². The zero-order valence-corrected chi connectivity index (χ0v) is 13.3. The van der Waals surface area contributed by atoms with Crippen LogP contribution in [0, 0.1) is 0 Å². The molecule has 1 amide bonds. The molecular formula is C16H15BrN2O3. The summed E-state index contributed by atoms with van der Waals surface area (Å²) in [7, 11) is 0. The highest BCUT2D eigenvalue weighted by atomic mass is 79.9. The minimum Gasteiger partial charge on any atom is -0.480 e. The standard InChI is InChI=1S/C16H15BrN2O3/c17-15-12(7-4-8-18-15)10-13(16(21)22)19-14(20)9-11-5-2-1-3-6-11/h1-8,13H,9-10H2,(H,19,20)(H,21,22)/t13-/m1/s1. The van der Waals surface area contributed by atoms with Gasteiger partial charge in [0.1, 0.15) is 10.6 Å². The number of carbonyl (C=O) groups is 2. The van der Waals surface area contributed by atoms with Crippen LogP contribution in [0.4, 0.5) is 0 Å². The summed E-state index contributed by atoms with van der Waals surface area (Å²) in [5, 5.41) is 11.8. The quantitative estimate of drug-likeness (QED) is 0.772. The summed E-state index contributed by atoms with van der Waals surface area (Å²) in [6.07, 6.45) is 1.93. The van der Waals surface area contributed by atoms with Crippen molar-refractivity contribution in [3.63, 3.8) is 0 Å². The smallest absolute Gasteiger partial charge is 0.326 e. The minimum atomic E-state index is -1.07. The van der Waals surface area contributed by atoms with Gasteiger partial charge in [-0.2, -0.15) is 0 Å². The fraction of sp³-hybridized carbons (Fsp3) is 0.188. The molecule has 114 valence electrons. The van der Waals surface area contributed by atoms with Gasteiger partial charge in [-0.1, -0.05) is 36.4 Å². The number of rotatable bonds is 6. The zero-order valence-electron chi connectivity index (χ0n) is 11.7. The van der Waals surface area contributed by atoms with E-state index in [0.29, 0.717) is 4.60 Å². The molecule has 0 saturated carbocycles. The van der Waals surface area contributed by atoms with Gasteiger partial charge in [0.05, 0.1) is 6.42 Å². The largest absolute Gasteiger partial charge is 0.480 e. The summed E-state index contributed by atoms with van der Waals surface area (Å²) in [5.74, 6) is -1.39. The van der Waals surface area contributed by atoms with Crippen LogP contribution in [0.3, 0.4) is 0 Å². The van der Waals surface area contributed by atoms with Gasteiger partial charge in [0.25, 0.3) is 0 Å². The lowest BCUT2D eigenvalue weighted by atomic mass is 10.1. The monoisotopic (exact) mass is 362 g/mol. The number of aromatic nitrogens is 1. The maximum Gasteiger partial charge on any atom is 0.326 e. The van der Waals surface area contributed by atoms with Crippen molar-refractivity contribution in [2.75, 3.05) is 0 Å². The summed E-state index contributed by atoms with van der Waals surface area (Å²) in [6.45, 7) is 0.